The van der Waals surface area contributed by atoms with Gasteiger partial charge in [-0.1, -0.05) is 0 Å². The van der Waals surface area contributed by atoms with E-state index in [4.69, 9.17) is 71.7 Å². The maximum absolute atomic E-state index is 8.55. The first-order valence-corrected chi connectivity index (χ1v) is 7.96. The standard InChI is InChI=1S/4Al.3ClO.3H3O4P/c;;;;3*1-2;3*1-5(2,3)4/h;;;;;;;3*(H3,1,2,3,4)/q4*+3;3*-1;;;/p-9. The summed E-state index contributed by atoms with van der Waals surface area (Å²) in [5.41, 5.74) is 0. The first-order valence-electron chi connectivity index (χ1n) is 2.65. The summed E-state index contributed by atoms with van der Waals surface area (Å²) in [6.45, 7) is 0. The molecule has 0 spiro atoms. The van der Waals surface area contributed by atoms with E-state index in [1.165, 1.54) is 0 Å². The van der Waals surface area contributed by atoms with Crippen molar-refractivity contribution < 1.29 is 71.7 Å². The zero-order valence-corrected chi connectivity index (χ0v) is 20.5. The third-order valence-electron chi connectivity index (χ3n) is 0. The van der Waals surface area contributed by atoms with Crippen LogP contribution in [0.3, 0.4) is 0 Å². The molecule has 0 bridgehead atoms. The molecule has 0 saturated heterocycles. The largest absolute Gasteiger partial charge is 3.00 e. The maximum atomic E-state index is 8.55. The average Bonchev–Trinajstić information content (AvgIpc) is 2.18. The second-order valence-corrected chi connectivity index (χ2v) is 4.02. The quantitative estimate of drug-likeness (QED) is 0.201. The third kappa shape index (κ3) is 1680. The molecular formula is Al4Cl3O15P3. The second kappa shape index (κ2) is 41.6. The van der Waals surface area contributed by atoms with E-state index in [0.29, 0.717) is 0 Å². The van der Waals surface area contributed by atoms with Crippen molar-refractivity contribution in [3.05, 3.63) is 0 Å². The molecule has 0 aromatic carbocycles. The van der Waals surface area contributed by atoms with Gasteiger partial charge in [-0.3, -0.25) is 0 Å². The Hall–Kier alpha value is 3.21. The summed E-state index contributed by atoms with van der Waals surface area (Å²) < 4.78 is 48.8. The number of hydrogen-bond acceptors (Lipinski definition) is 15. The predicted molar refractivity (Wildman–Crippen MR) is 63.4 cm³/mol. The van der Waals surface area contributed by atoms with Gasteiger partial charge in [-0.25, -0.2) is 35.6 Å². The van der Waals surface area contributed by atoms with Crippen molar-refractivity contribution in [1.82, 2.24) is 0 Å². The van der Waals surface area contributed by atoms with Gasteiger partial charge in [0.2, 0.25) is 0 Å². The Bertz CT molecular complexity index is 226. The average molecular weight is 547 g/mol. The molecule has 0 aliphatic carbocycles. The van der Waals surface area contributed by atoms with E-state index in [-0.39, 0.29) is 69.4 Å². The van der Waals surface area contributed by atoms with Crippen molar-refractivity contribution >= 4 is 129 Å². The smallest absolute Gasteiger partial charge is 0.822 e. The van der Waals surface area contributed by atoms with Gasteiger partial charge in [0.05, 0.1) is 0 Å². The Morgan fingerprint density at radius 2 is 0.360 bits per heavy atom. The Morgan fingerprint density at radius 3 is 0.360 bits per heavy atom. The van der Waals surface area contributed by atoms with Crippen molar-refractivity contribution in [2.24, 2.45) is 0 Å². The number of rotatable bonds is 0. The number of hydrogen-bond donors (Lipinski definition) is 0. The van der Waals surface area contributed by atoms with Gasteiger partial charge in [-0.15, -0.1) is 0 Å². The summed E-state index contributed by atoms with van der Waals surface area (Å²) in [5, 5.41) is 0. The van der Waals surface area contributed by atoms with Gasteiger partial charge in [-0.2, -0.15) is 23.5 Å². The molecule has 138 valence electrons. The molecule has 0 atom stereocenters. The summed E-state index contributed by atoms with van der Waals surface area (Å²) in [6.07, 6.45) is 0. The molecule has 0 fully saturated rings. The van der Waals surface area contributed by atoms with Gasteiger partial charge in [0, 0.05) is 0 Å². The molecule has 0 aromatic rings. The van der Waals surface area contributed by atoms with Crippen LogP contribution >= 0.6 is 59.1 Å². The molecular weight excluding hydrogens is 547 g/mol. The normalized spacial score (nSPS) is 7.80. The Labute approximate surface area is 199 Å². The zero-order valence-electron chi connectivity index (χ0n) is 10.9. The maximum Gasteiger partial charge on any atom is 3.00 e. The molecule has 0 rings (SSSR count). The fourth-order valence-corrected chi connectivity index (χ4v) is 0. The van der Waals surface area contributed by atoms with Crippen molar-refractivity contribution in [2.75, 3.05) is 0 Å². The van der Waals surface area contributed by atoms with E-state index >= 15 is 0 Å². The van der Waals surface area contributed by atoms with Crippen LogP contribution in [0, 0.1) is 0 Å². The number of halogens is 3. The van der Waals surface area contributed by atoms with E-state index < -0.39 is 23.5 Å². The Balaban J connectivity index is -0.0000000137. The molecule has 0 radical (unpaired) electrons. The topological polar surface area (TPSA) is 328 Å². The molecule has 25 heteroatoms. The second-order valence-electron chi connectivity index (χ2n) is 1.34. The monoisotopic (exact) mass is 546 g/mol. The molecule has 0 N–H and O–H groups in total. The van der Waals surface area contributed by atoms with E-state index in [1.54, 1.807) is 0 Å². The Kier molecular flexibility index (Phi) is 105. The molecule has 25 heavy (non-hydrogen) atoms. The molecule has 0 saturated carbocycles. The summed E-state index contributed by atoms with van der Waals surface area (Å²) >= 11 is 10.2. The molecule has 0 unspecified atom stereocenters. The number of phosphoric acid groups is 3. The fourth-order valence-electron chi connectivity index (χ4n) is 0. The van der Waals surface area contributed by atoms with Gasteiger partial charge < -0.3 is 71.7 Å². The Morgan fingerprint density at radius 1 is 0.360 bits per heavy atom. The minimum absolute atomic E-state index is 0. The predicted octanol–water partition coefficient (Wildman–Crippen LogP) is -11.5. The van der Waals surface area contributed by atoms with Gasteiger partial charge in [-0.05, 0) is 0 Å². The van der Waals surface area contributed by atoms with Crippen molar-refractivity contribution in [2.45, 2.75) is 0 Å². The van der Waals surface area contributed by atoms with Crippen molar-refractivity contribution in [3.63, 3.8) is 0 Å². The molecule has 0 aromatic heterocycles. The molecule has 0 aliphatic rings. The van der Waals surface area contributed by atoms with Gasteiger partial charge in [0.1, 0.15) is 0 Å². The van der Waals surface area contributed by atoms with Crippen molar-refractivity contribution in [3.8, 4) is 0 Å². The van der Waals surface area contributed by atoms with Gasteiger partial charge in [0.15, 0.2) is 0 Å². The molecule has 0 heterocycles. The van der Waals surface area contributed by atoms with E-state index in [1.807, 2.05) is 0 Å². The van der Waals surface area contributed by atoms with Crippen molar-refractivity contribution in [1.29, 1.82) is 0 Å². The SMILES string of the molecule is O=P([O-])([O-])[O-].O=P([O-])([O-])[O-].O=P([O-])([O-])[O-].[Al+3].[Al+3].[Al+3].[Al+3].[O-]Cl.[O-]Cl.[O-]Cl. The summed E-state index contributed by atoms with van der Waals surface area (Å²) in [4.78, 5) is 76.9. The summed E-state index contributed by atoms with van der Waals surface area (Å²) in [5.74, 6) is 0. The first kappa shape index (κ1) is 63.0. The first-order chi connectivity index (χ1) is 9.00. The van der Waals surface area contributed by atoms with E-state index in [0.717, 1.165) is 0 Å². The summed E-state index contributed by atoms with van der Waals surface area (Å²) in [6, 6.07) is 0. The zero-order chi connectivity index (χ0) is 19.5. The molecule has 15 nitrogen and oxygen atoms in total. The summed E-state index contributed by atoms with van der Waals surface area (Å²) in [7, 11) is -16.2. The van der Waals surface area contributed by atoms with Gasteiger partial charge in [0.25, 0.3) is 0 Å². The molecule has 0 amide bonds. The van der Waals surface area contributed by atoms with Crippen LogP contribution in [0.15, 0.2) is 0 Å². The van der Waals surface area contributed by atoms with Crippen LogP contribution in [-0.4, -0.2) is 69.4 Å². The van der Waals surface area contributed by atoms with Crippen LogP contribution in [-0.2, 0) is 13.7 Å². The van der Waals surface area contributed by atoms with E-state index in [9.17, 15) is 0 Å². The molecule has 0 aliphatic heterocycles. The third-order valence-corrected chi connectivity index (χ3v) is 0. The minimum Gasteiger partial charge on any atom is -0.822 e. The minimum atomic E-state index is -5.39. The van der Waals surface area contributed by atoms with Crippen LogP contribution in [0.2, 0.25) is 0 Å². The van der Waals surface area contributed by atoms with Crippen LogP contribution in [0.1, 0.15) is 0 Å². The fraction of sp³-hybridized carbons (Fsp3) is 0. The van der Waals surface area contributed by atoms with Gasteiger partial charge >= 0.3 is 69.4 Å². The van der Waals surface area contributed by atoms with E-state index in [2.05, 4.69) is 35.6 Å². The van der Waals surface area contributed by atoms with Crippen LogP contribution in [0.25, 0.3) is 0 Å². The van der Waals surface area contributed by atoms with Crippen LogP contribution in [0.4, 0.5) is 0 Å². The van der Waals surface area contributed by atoms with Crippen LogP contribution < -0.4 is 58.0 Å². The van der Waals surface area contributed by atoms with Crippen LogP contribution in [0.5, 0.6) is 0 Å².